The smallest absolute Gasteiger partial charge is 0.253 e. The van der Waals surface area contributed by atoms with E-state index in [-0.39, 0.29) is 17.0 Å². The van der Waals surface area contributed by atoms with Crippen molar-refractivity contribution in [1.29, 1.82) is 5.26 Å². The molecule has 0 spiro atoms. The van der Waals surface area contributed by atoms with Gasteiger partial charge in [-0.3, -0.25) is 9.36 Å². The molecule has 1 rings (SSSR count). The third-order valence-electron chi connectivity index (χ3n) is 1.72. The third kappa shape index (κ3) is 1.05. The topological polar surface area (TPSA) is 66.0 Å². The summed E-state index contributed by atoms with van der Waals surface area (Å²) in [5.74, 6) is -0.275. The summed E-state index contributed by atoms with van der Waals surface area (Å²) >= 11 is 0. The largest absolute Gasteiger partial charge is 0.493 e. The van der Waals surface area contributed by atoms with Gasteiger partial charge in [-0.05, 0) is 12.5 Å². The molecule has 1 heterocycles. The van der Waals surface area contributed by atoms with Crippen molar-refractivity contribution in [2.45, 2.75) is 6.92 Å². The van der Waals surface area contributed by atoms with Gasteiger partial charge in [-0.15, -0.1) is 0 Å². The van der Waals surface area contributed by atoms with Crippen molar-refractivity contribution >= 4 is 0 Å². The Bertz CT molecular complexity index is 412. The lowest BCUT2D eigenvalue weighted by molar-refractivity contribution is 0.420. The van der Waals surface area contributed by atoms with Crippen molar-refractivity contribution in [2.24, 2.45) is 7.05 Å². The van der Waals surface area contributed by atoms with Gasteiger partial charge in [-0.1, -0.05) is 0 Å². The van der Waals surface area contributed by atoms with Crippen molar-refractivity contribution in [1.82, 2.24) is 4.57 Å². The fourth-order valence-electron chi connectivity index (χ4n) is 0.941. The Kier molecular flexibility index (Phi) is 1.88. The van der Waals surface area contributed by atoms with Crippen LogP contribution in [0.2, 0.25) is 0 Å². The van der Waals surface area contributed by atoms with E-state index < -0.39 is 0 Å². The molecule has 0 aromatic carbocycles. The minimum atomic E-state index is -0.316. The molecule has 0 saturated heterocycles. The molecule has 0 fully saturated rings. The number of rotatable bonds is 0. The molecule has 1 aromatic heterocycles. The number of aromatic nitrogens is 1. The van der Waals surface area contributed by atoms with Crippen molar-refractivity contribution in [2.75, 3.05) is 0 Å². The van der Waals surface area contributed by atoms with Gasteiger partial charge in [0.25, 0.3) is 5.56 Å². The molecule has 0 radical (unpaired) electrons. The molecular formula is C8H8N2O2. The zero-order valence-corrected chi connectivity index (χ0v) is 6.83. The van der Waals surface area contributed by atoms with Gasteiger partial charge in [0.2, 0.25) is 5.88 Å². The Morgan fingerprint density at radius 1 is 1.67 bits per heavy atom. The number of hydrogen-bond acceptors (Lipinski definition) is 3. The second-order valence-electron chi connectivity index (χ2n) is 2.54. The quantitative estimate of drug-likeness (QED) is 0.598. The predicted molar refractivity (Wildman–Crippen MR) is 42.8 cm³/mol. The lowest BCUT2D eigenvalue weighted by atomic mass is 10.2. The Morgan fingerprint density at radius 2 is 2.25 bits per heavy atom. The van der Waals surface area contributed by atoms with Gasteiger partial charge in [-0.2, -0.15) is 5.26 Å². The molecule has 0 aliphatic rings. The fraction of sp³-hybridized carbons (Fsp3) is 0.250. The van der Waals surface area contributed by atoms with Crippen molar-refractivity contribution in [3.05, 3.63) is 27.5 Å². The zero-order chi connectivity index (χ0) is 9.30. The fourth-order valence-corrected chi connectivity index (χ4v) is 0.941. The summed E-state index contributed by atoms with van der Waals surface area (Å²) in [6.07, 6.45) is 0. The van der Waals surface area contributed by atoms with Crippen LogP contribution >= 0.6 is 0 Å². The molecule has 12 heavy (non-hydrogen) atoms. The van der Waals surface area contributed by atoms with Gasteiger partial charge in [0.1, 0.15) is 11.6 Å². The lowest BCUT2D eigenvalue weighted by Crippen LogP contribution is -2.16. The molecule has 62 valence electrons. The van der Waals surface area contributed by atoms with E-state index in [0.717, 1.165) is 4.57 Å². The first-order valence-electron chi connectivity index (χ1n) is 3.37. The Morgan fingerprint density at radius 3 is 2.75 bits per heavy atom. The Balaban J connectivity index is 3.66. The van der Waals surface area contributed by atoms with Gasteiger partial charge < -0.3 is 5.11 Å². The van der Waals surface area contributed by atoms with Crippen LogP contribution in [0.4, 0.5) is 0 Å². The van der Waals surface area contributed by atoms with Crippen LogP contribution in [0.3, 0.4) is 0 Å². The molecule has 1 aromatic rings. The van der Waals surface area contributed by atoms with E-state index in [0.29, 0.717) is 5.56 Å². The number of nitriles is 1. The van der Waals surface area contributed by atoms with Gasteiger partial charge >= 0.3 is 0 Å². The van der Waals surface area contributed by atoms with Gasteiger partial charge in [-0.25, -0.2) is 0 Å². The molecule has 4 nitrogen and oxygen atoms in total. The van der Waals surface area contributed by atoms with Crippen LogP contribution in [0, 0.1) is 18.3 Å². The van der Waals surface area contributed by atoms with Gasteiger partial charge in [0.15, 0.2) is 0 Å². The highest BCUT2D eigenvalue weighted by Gasteiger charge is 2.08. The third-order valence-corrected chi connectivity index (χ3v) is 1.72. The van der Waals surface area contributed by atoms with Gasteiger partial charge in [0.05, 0.1) is 0 Å². The Labute approximate surface area is 69.3 Å². The number of aryl methyl sites for hydroxylation is 1. The lowest BCUT2D eigenvalue weighted by Gasteiger charge is -2.04. The maximum Gasteiger partial charge on any atom is 0.253 e. The molecule has 1 N–H and O–H groups in total. The summed E-state index contributed by atoms with van der Waals surface area (Å²) in [6, 6.07) is 3.14. The number of nitrogens with zero attached hydrogens (tertiary/aromatic N) is 2. The number of pyridine rings is 1. The second-order valence-corrected chi connectivity index (χ2v) is 2.54. The standard InChI is InChI=1S/C8H8N2O2/c1-5-3-7(11)10(2)8(12)6(5)4-9/h3,12H,1-2H3. The molecule has 0 aliphatic carbocycles. The molecule has 0 amide bonds. The van der Waals surface area contributed by atoms with Crippen LogP contribution in [0.1, 0.15) is 11.1 Å². The van der Waals surface area contributed by atoms with E-state index in [1.54, 1.807) is 6.92 Å². The minimum Gasteiger partial charge on any atom is -0.493 e. The number of aromatic hydroxyl groups is 1. The van der Waals surface area contributed by atoms with E-state index in [4.69, 9.17) is 5.26 Å². The number of hydrogen-bond donors (Lipinski definition) is 1. The van der Waals surface area contributed by atoms with Gasteiger partial charge in [0, 0.05) is 13.1 Å². The highest BCUT2D eigenvalue weighted by molar-refractivity contribution is 5.43. The van der Waals surface area contributed by atoms with E-state index in [2.05, 4.69) is 0 Å². The monoisotopic (exact) mass is 164 g/mol. The van der Waals surface area contributed by atoms with E-state index >= 15 is 0 Å². The van der Waals surface area contributed by atoms with Crippen molar-refractivity contribution < 1.29 is 5.11 Å². The Hall–Kier alpha value is -1.76. The van der Waals surface area contributed by atoms with E-state index in [1.807, 2.05) is 6.07 Å². The summed E-state index contributed by atoms with van der Waals surface area (Å²) in [4.78, 5) is 11.0. The summed E-state index contributed by atoms with van der Waals surface area (Å²) in [7, 11) is 1.41. The normalized spacial score (nSPS) is 9.42. The molecule has 4 heteroatoms. The van der Waals surface area contributed by atoms with E-state index in [9.17, 15) is 9.90 Å². The maximum atomic E-state index is 11.0. The molecule has 0 atom stereocenters. The van der Waals surface area contributed by atoms with Crippen molar-refractivity contribution in [3.63, 3.8) is 0 Å². The average molecular weight is 164 g/mol. The molecule has 0 unspecified atom stereocenters. The summed E-state index contributed by atoms with van der Waals surface area (Å²) in [6.45, 7) is 1.61. The highest BCUT2D eigenvalue weighted by atomic mass is 16.3. The first-order chi connectivity index (χ1) is 5.57. The first kappa shape index (κ1) is 8.34. The maximum absolute atomic E-state index is 11.0. The van der Waals surface area contributed by atoms with Crippen LogP contribution in [-0.2, 0) is 7.05 Å². The van der Waals surface area contributed by atoms with E-state index in [1.165, 1.54) is 13.1 Å². The summed E-state index contributed by atoms with van der Waals surface area (Å²) < 4.78 is 1.03. The van der Waals surface area contributed by atoms with Crippen LogP contribution in [0.25, 0.3) is 0 Å². The molecular weight excluding hydrogens is 156 g/mol. The highest BCUT2D eigenvalue weighted by Crippen LogP contribution is 2.15. The van der Waals surface area contributed by atoms with Crippen LogP contribution in [0.15, 0.2) is 10.9 Å². The average Bonchev–Trinajstić information content (AvgIpc) is 2.01. The SMILES string of the molecule is Cc1cc(=O)n(C)c(O)c1C#N. The van der Waals surface area contributed by atoms with Crippen LogP contribution in [0.5, 0.6) is 5.88 Å². The van der Waals surface area contributed by atoms with Crippen LogP contribution < -0.4 is 5.56 Å². The van der Waals surface area contributed by atoms with Crippen LogP contribution in [-0.4, -0.2) is 9.67 Å². The molecule has 0 aliphatic heterocycles. The second kappa shape index (κ2) is 2.70. The predicted octanol–water partition coefficient (Wildman–Crippen LogP) is 0.271. The minimum absolute atomic E-state index is 0.150. The first-order valence-corrected chi connectivity index (χ1v) is 3.37. The molecule has 0 saturated carbocycles. The molecule has 0 bridgehead atoms. The van der Waals surface area contributed by atoms with Crippen molar-refractivity contribution in [3.8, 4) is 11.9 Å². The zero-order valence-electron chi connectivity index (χ0n) is 6.83. The summed E-state index contributed by atoms with van der Waals surface area (Å²) in [5, 5.41) is 17.9. The summed E-state index contributed by atoms with van der Waals surface area (Å²) in [5.41, 5.74) is 0.333.